The monoisotopic (exact) mass is 355 g/mol. The van der Waals surface area contributed by atoms with Gasteiger partial charge in [0.1, 0.15) is 0 Å². The molecule has 21 heavy (non-hydrogen) atoms. The summed E-state index contributed by atoms with van der Waals surface area (Å²) >= 11 is 3.44. The van der Waals surface area contributed by atoms with Crippen molar-refractivity contribution in [3.63, 3.8) is 0 Å². The van der Waals surface area contributed by atoms with Gasteiger partial charge in [0, 0.05) is 25.5 Å². The average molecular weight is 356 g/mol. The Hall–Kier alpha value is -0.870. The molecule has 2 atom stereocenters. The molecule has 0 spiro atoms. The zero-order valence-electron chi connectivity index (χ0n) is 13.2. The van der Waals surface area contributed by atoms with Gasteiger partial charge >= 0.3 is 0 Å². The van der Waals surface area contributed by atoms with Gasteiger partial charge in [-0.15, -0.1) is 0 Å². The molecule has 0 bridgehead atoms. The number of alkyl halides is 1. The summed E-state index contributed by atoms with van der Waals surface area (Å²) in [5.41, 5.74) is 1.11. The summed E-state index contributed by atoms with van der Waals surface area (Å²) in [6.45, 7) is 6.21. The van der Waals surface area contributed by atoms with Gasteiger partial charge in [0.2, 0.25) is 5.91 Å². The second kappa shape index (κ2) is 9.96. The van der Waals surface area contributed by atoms with E-state index in [0.717, 1.165) is 17.3 Å². The van der Waals surface area contributed by atoms with Crippen LogP contribution < -0.4 is 0 Å². The van der Waals surface area contributed by atoms with Gasteiger partial charge in [-0.1, -0.05) is 66.5 Å². The third kappa shape index (κ3) is 5.44. The number of halogens is 1. The Kier molecular flexibility index (Phi) is 8.62. The molecule has 0 fully saturated rings. The number of hydrogen-bond acceptors (Lipinski definition) is 2. The fourth-order valence-electron chi connectivity index (χ4n) is 2.44. The second-order valence-corrected chi connectivity index (χ2v) is 6.07. The second-order valence-electron chi connectivity index (χ2n) is 5.28. The topological polar surface area (TPSA) is 29.5 Å². The maximum atomic E-state index is 13.0. The first-order valence-corrected chi connectivity index (χ1v) is 8.66. The van der Waals surface area contributed by atoms with Crippen molar-refractivity contribution >= 4 is 21.8 Å². The number of carbonyl (C=O) groups is 1. The summed E-state index contributed by atoms with van der Waals surface area (Å²) in [5, 5.41) is 0.782. The summed E-state index contributed by atoms with van der Waals surface area (Å²) in [6, 6.07) is 10.1. The van der Waals surface area contributed by atoms with Crippen molar-refractivity contribution < 1.29 is 9.53 Å². The van der Waals surface area contributed by atoms with Gasteiger partial charge in [-0.25, -0.2) is 0 Å². The summed E-state index contributed by atoms with van der Waals surface area (Å²) in [5.74, 6) is 0.444. The zero-order chi connectivity index (χ0) is 15.7. The Morgan fingerprint density at radius 1 is 1.29 bits per heavy atom. The molecule has 4 heteroatoms. The van der Waals surface area contributed by atoms with Crippen molar-refractivity contribution in [3.05, 3.63) is 35.9 Å². The van der Waals surface area contributed by atoms with Gasteiger partial charge in [0.25, 0.3) is 0 Å². The van der Waals surface area contributed by atoms with Gasteiger partial charge < -0.3 is 9.64 Å². The maximum Gasteiger partial charge on any atom is 0.230 e. The van der Waals surface area contributed by atoms with Crippen LogP contribution in [0, 0.1) is 5.92 Å². The molecule has 0 aromatic heterocycles. The molecule has 0 aliphatic rings. The predicted octanol–water partition coefficient (Wildman–Crippen LogP) is 3.69. The molecule has 0 aliphatic heterocycles. The summed E-state index contributed by atoms with van der Waals surface area (Å²) in [7, 11) is 1.67. The molecule has 1 aromatic rings. The Morgan fingerprint density at radius 3 is 2.48 bits per heavy atom. The normalized spacial score (nSPS) is 13.7. The molecule has 0 radical (unpaired) electrons. The number of ether oxygens (including phenoxy) is 1. The van der Waals surface area contributed by atoms with Crippen molar-refractivity contribution in [1.82, 2.24) is 4.90 Å². The average Bonchev–Trinajstić information content (AvgIpc) is 2.52. The number of rotatable bonds is 9. The van der Waals surface area contributed by atoms with E-state index in [0.29, 0.717) is 25.6 Å². The largest absolute Gasteiger partial charge is 0.383 e. The van der Waals surface area contributed by atoms with Crippen LogP contribution in [0.2, 0.25) is 0 Å². The van der Waals surface area contributed by atoms with E-state index in [1.54, 1.807) is 7.11 Å². The van der Waals surface area contributed by atoms with Gasteiger partial charge in [-0.3, -0.25) is 4.79 Å². The Morgan fingerprint density at radius 2 is 1.95 bits per heavy atom. The number of methoxy groups -OCH3 is 1. The van der Waals surface area contributed by atoms with Crippen LogP contribution in [0.1, 0.15) is 31.7 Å². The lowest BCUT2D eigenvalue weighted by Gasteiger charge is -2.30. The standard InChI is InChI=1S/C17H26BrNO2/c1-4-14(2)16(15-8-6-5-7-9-15)17(20)19(11-10-18)12-13-21-3/h5-9,14,16H,4,10-13H2,1-3H3. The van der Waals surface area contributed by atoms with Crippen LogP contribution in [0.4, 0.5) is 0 Å². The summed E-state index contributed by atoms with van der Waals surface area (Å²) in [4.78, 5) is 14.9. The van der Waals surface area contributed by atoms with E-state index in [-0.39, 0.29) is 11.8 Å². The third-order valence-corrected chi connectivity index (χ3v) is 4.22. The minimum absolute atomic E-state index is 0.0768. The number of hydrogen-bond donors (Lipinski definition) is 0. The van der Waals surface area contributed by atoms with Crippen LogP contribution in [0.25, 0.3) is 0 Å². The van der Waals surface area contributed by atoms with Crippen molar-refractivity contribution in [2.45, 2.75) is 26.2 Å². The Labute approximate surface area is 136 Å². The molecule has 0 saturated carbocycles. The van der Waals surface area contributed by atoms with E-state index >= 15 is 0 Å². The lowest BCUT2D eigenvalue weighted by atomic mass is 9.84. The molecule has 3 nitrogen and oxygen atoms in total. The van der Waals surface area contributed by atoms with Crippen LogP contribution in [-0.4, -0.2) is 42.9 Å². The maximum absolute atomic E-state index is 13.0. The van der Waals surface area contributed by atoms with Crippen LogP contribution in [-0.2, 0) is 9.53 Å². The van der Waals surface area contributed by atoms with E-state index in [4.69, 9.17) is 4.74 Å². The lowest BCUT2D eigenvalue weighted by Crippen LogP contribution is -2.40. The van der Waals surface area contributed by atoms with Crippen LogP contribution in [0.5, 0.6) is 0 Å². The molecule has 0 saturated heterocycles. The first kappa shape index (κ1) is 18.2. The summed E-state index contributed by atoms with van der Waals surface area (Å²) < 4.78 is 5.13. The molecular weight excluding hydrogens is 330 g/mol. The van der Waals surface area contributed by atoms with Crippen LogP contribution in [0.15, 0.2) is 30.3 Å². The van der Waals surface area contributed by atoms with Crippen molar-refractivity contribution in [1.29, 1.82) is 0 Å². The van der Waals surface area contributed by atoms with E-state index < -0.39 is 0 Å². The molecular formula is C17H26BrNO2. The fourth-order valence-corrected chi connectivity index (χ4v) is 2.87. The Balaban J connectivity index is 2.97. The highest BCUT2D eigenvalue weighted by Gasteiger charge is 2.29. The molecule has 0 aliphatic carbocycles. The molecule has 0 heterocycles. The highest BCUT2D eigenvalue weighted by atomic mass is 79.9. The van der Waals surface area contributed by atoms with Gasteiger partial charge in [0.05, 0.1) is 12.5 Å². The van der Waals surface area contributed by atoms with Crippen molar-refractivity contribution in [3.8, 4) is 0 Å². The quantitative estimate of drug-likeness (QED) is 0.632. The number of carbonyl (C=O) groups excluding carboxylic acids is 1. The molecule has 2 unspecified atom stereocenters. The molecule has 1 rings (SSSR count). The molecule has 118 valence electrons. The molecule has 0 N–H and O–H groups in total. The molecule has 1 amide bonds. The van der Waals surface area contributed by atoms with Gasteiger partial charge in [-0.05, 0) is 11.5 Å². The lowest BCUT2D eigenvalue weighted by molar-refractivity contribution is -0.134. The van der Waals surface area contributed by atoms with Crippen molar-refractivity contribution in [2.75, 3.05) is 32.1 Å². The van der Waals surface area contributed by atoms with E-state index in [2.05, 4.69) is 41.9 Å². The first-order valence-electron chi connectivity index (χ1n) is 7.54. The van der Waals surface area contributed by atoms with Gasteiger partial charge in [0.15, 0.2) is 0 Å². The smallest absolute Gasteiger partial charge is 0.230 e. The first-order chi connectivity index (χ1) is 10.2. The highest BCUT2D eigenvalue weighted by molar-refractivity contribution is 9.09. The van der Waals surface area contributed by atoms with Gasteiger partial charge in [-0.2, -0.15) is 0 Å². The number of benzene rings is 1. The summed E-state index contributed by atoms with van der Waals surface area (Å²) in [6.07, 6.45) is 0.984. The minimum Gasteiger partial charge on any atom is -0.383 e. The fraction of sp³-hybridized carbons (Fsp3) is 0.588. The number of amides is 1. The van der Waals surface area contributed by atoms with Crippen LogP contribution >= 0.6 is 15.9 Å². The SMILES string of the molecule is CCC(C)C(C(=O)N(CCBr)CCOC)c1ccccc1. The van der Waals surface area contributed by atoms with E-state index in [1.807, 2.05) is 23.1 Å². The number of nitrogens with zero attached hydrogens (tertiary/aromatic N) is 1. The molecule has 1 aromatic carbocycles. The zero-order valence-corrected chi connectivity index (χ0v) is 14.8. The highest BCUT2D eigenvalue weighted by Crippen LogP contribution is 2.29. The minimum atomic E-state index is -0.0768. The third-order valence-electron chi connectivity index (χ3n) is 3.87. The van der Waals surface area contributed by atoms with Crippen LogP contribution in [0.3, 0.4) is 0 Å². The Bertz CT molecular complexity index is 411. The van der Waals surface area contributed by atoms with Crippen molar-refractivity contribution in [2.24, 2.45) is 5.92 Å². The van der Waals surface area contributed by atoms with E-state index in [1.165, 1.54) is 0 Å². The van der Waals surface area contributed by atoms with E-state index in [9.17, 15) is 4.79 Å². The predicted molar refractivity (Wildman–Crippen MR) is 90.9 cm³/mol.